The lowest BCUT2D eigenvalue weighted by atomic mass is 10.2. The molecular formula is C14H18N4. The zero-order valence-corrected chi connectivity index (χ0v) is 11.3. The lowest BCUT2D eigenvalue weighted by Crippen LogP contribution is -2.21. The molecule has 0 saturated carbocycles. The van der Waals surface area contributed by atoms with Crippen LogP contribution in [0.4, 0.5) is 0 Å². The van der Waals surface area contributed by atoms with Crippen molar-refractivity contribution in [2.24, 2.45) is 24.3 Å². The van der Waals surface area contributed by atoms with E-state index in [1.165, 1.54) is 5.56 Å². The van der Waals surface area contributed by atoms with Gasteiger partial charge >= 0.3 is 0 Å². The van der Waals surface area contributed by atoms with Crippen molar-refractivity contribution in [2.75, 3.05) is 0 Å². The first kappa shape index (κ1) is 12.4. The Hall–Kier alpha value is -2.10. The highest BCUT2D eigenvalue weighted by atomic mass is 15.3. The van der Waals surface area contributed by atoms with Gasteiger partial charge in [-0.3, -0.25) is 0 Å². The van der Waals surface area contributed by atoms with E-state index in [4.69, 9.17) is 0 Å². The van der Waals surface area contributed by atoms with Crippen molar-refractivity contribution in [2.45, 2.75) is 13.8 Å². The molecule has 18 heavy (non-hydrogen) atoms. The Bertz CT molecular complexity index is 626. The topological polar surface area (TPSA) is 34.6 Å². The van der Waals surface area contributed by atoms with Gasteiger partial charge in [0.1, 0.15) is 0 Å². The number of nitrogens with zero attached hydrogens (tertiary/aromatic N) is 4. The molecule has 0 N–H and O–H groups in total. The van der Waals surface area contributed by atoms with E-state index >= 15 is 0 Å². The van der Waals surface area contributed by atoms with Crippen molar-refractivity contribution in [3.05, 3.63) is 42.1 Å². The van der Waals surface area contributed by atoms with E-state index in [0.29, 0.717) is 0 Å². The Labute approximate surface area is 107 Å². The summed E-state index contributed by atoms with van der Waals surface area (Å²) < 4.78 is 4.02. The van der Waals surface area contributed by atoms with Gasteiger partial charge in [-0.15, -0.1) is 5.10 Å². The average Bonchev–Trinajstić information content (AvgIpc) is 2.63. The van der Waals surface area contributed by atoms with Crippen LogP contribution in [0, 0.1) is 0 Å². The van der Waals surface area contributed by atoms with Crippen LogP contribution in [0.5, 0.6) is 0 Å². The maximum atomic E-state index is 4.26. The molecule has 0 amide bonds. The summed E-state index contributed by atoms with van der Waals surface area (Å²) >= 11 is 0. The smallest absolute Gasteiger partial charge is 0.229 e. The third kappa shape index (κ3) is 2.42. The second kappa shape index (κ2) is 5.04. The van der Waals surface area contributed by atoms with Crippen LogP contribution in [0.25, 0.3) is 11.3 Å². The fraction of sp³-hybridized carbons (Fsp3) is 0.286. The van der Waals surface area contributed by atoms with Gasteiger partial charge in [0.15, 0.2) is 0 Å². The molecule has 1 aromatic carbocycles. The first-order chi connectivity index (χ1) is 8.59. The first-order valence-corrected chi connectivity index (χ1v) is 5.92. The largest absolute Gasteiger partial charge is 0.318 e. The second-order valence-corrected chi connectivity index (χ2v) is 4.50. The summed E-state index contributed by atoms with van der Waals surface area (Å²) in [6, 6.07) is 10.3. The van der Waals surface area contributed by atoms with Gasteiger partial charge in [-0.1, -0.05) is 30.3 Å². The summed E-state index contributed by atoms with van der Waals surface area (Å²) in [7, 11) is 3.98. The SMILES string of the molecule is CC(C)=NN=c1n(C)cc(-c2ccccc2)n1C. The van der Waals surface area contributed by atoms with E-state index in [-0.39, 0.29) is 0 Å². The molecular weight excluding hydrogens is 224 g/mol. The molecule has 2 aromatic rings. The Morgan fingerprint density at radius 2 is 1.72 bits per heavy atom. The number of aromatic nitrogens is 2. The van der Waals surface area contributed by atoms with Gasteiger partial charge in [-0.25, -0.2) is 0 Å². The molecule has 4 nitrogen and oxygen atoms in total. The fourth-order valence-corrected chi connectivity index (χ4v) is 1.83. The van der Waals surface area contributed by atoms with Crippen molar-refractivity contribution in [3.8, 4) is 11.3 Å². The van der Waals surface area contributed by atoms with E-state index in [9.17, 15) is 0 Å². The summed E-state index contributed by atoms with van der Waals surface area (Å²) in [6.45, 7) is 3.87. The van der Waals surface area contributed by atoms with E-state index in [2.05, 4.69) is 28.5 Å². The molecule has 94 valence electrons. The van der Waals surface area contributed by atoms with Crippen molar-refractivity contribution < 1.29 is 0 Å². The Balaban J connectivity index is 2.58. The molecule has 0 aliphatic heterocycles. The van der Waals surface area contributed by atoms with E-state index < -0.39 is 0 Å². The van der Waals surface area contributed by atoms with E-state index in [1.54, 1.807) is 0 Å². The lowest BCUT2D eigenvalue weighted by Gasteiger charge is -2.00. The van der Waals surface area contributed by atoms with Gasteiger partial charge in [0.25, 0.3) is 0 Å². The summed E-state index contributed by atoms with van der Waals surface area (Å²) in [5.74, 6) is 0. The Kier molecular flexibility index (Phi) is 3.46. The molecule has 1 heterocycles. The quantitative estimate of drug-likeness (QED) is 0.572. The van der Waals surface area contributed by atoms with Crippen LogP contribution in [0.2, 0.25) is 0 Å². The predicted octanol–water partition coefficient (Wildman–Crippen LogP) is 2.33. The highest BCUT2D eigenvalue weighted by Gasteiger charge is 2.05. The van der Waals surface area contributed by atoms with Crippen LogP contribution >= 0.6 is 0 Å². The van der Waals surface area contributed by atoms with Gasteiger partial charge < -0.3 is 9.13 Å². The number of hydrogen-bond acceptors (Lipinski definition) is 2. The van der Waals surface area contributed by atoms with Crippen LogP contribution in [0.15, 0.2) is 46.7 Å². The monoisotopic (exact) mass is 242 g/mol. The maximum absolute atomic E-state index is 4.26. The molecule has 2 rings (SSSR count). The van der Waals surface area contributed by atoms with E-state index in [0.717, 1.165) is 17.0 Å². The van der Waals surface area contributed by atoms with Crippen LogP contribution < -0.4 is 5.62 Å². The first-order valence-electron chi connectivity index (χ1n) is 5.92. The predicted molar refractivity (Wildman–Crippen MR) is 74.2 cm³/mol. The minimum Gasteiger partial charge on any atom is -0.318 e. The zero-order valence-electron chi connectivity index (χ0n) is 11.3. The van der Waals surface area contributed by atoms with Crippen LogP contribution in [0.3, 0.4) is 0 Å². The summed E-state index contributed by atoms with van der Waals surface area (Å²) in [5, 5.41) is 8.39. The van der Waals surface area contributed by atoms with Gasteiger partial charge in [0.2, 0.25) is 5.62 Å². The molecule has 0 saturated heterocycles. The van der Waals surface area contributed by atoms with Crippen molar-refractivity contribution in [3.63, 3.8) is 0 Å². The number of imidazole rings is 1. The summed E-state index contributed by atoms with van der Waals surface area (Å²) in [6.07, 6.45) is 2.06. The molecule has 4 heteroatoms. The van der Waals surface area contributed by atoms with Crippen molar-refractivity contribution >= 4 is 5.71 Å². The van der Waals surface area contributed by atoms with Crippen LogP contribution in [-0.4, -0.2) is 14.8 Å². The van der Waals surface area contributed by atoms with E-state index in [1.807, 2.05) is 55.3 Å². The van der Waals surface area contributed by atoms with Crippen molar-refractivity contribution in [1.29, 1.82) is 0 Å². The van der Waals surface area contributed by atoms with Gasteiger partial charge in [0.05, 0.1) is 5.69 Å². The third-order valence-corrected chi connectivity index (χ3v) is 2.70. The molecule has 0 bridgehead atoms. The minimum absolute atomic E-state index is 0.829. The lowest BCUT2D eigenvalue weighted by molar-refractivity contribution is 0.729. The highest BCUT2D eigenvalue weighted by molar-refractivity contribution is 5.78. The Morgan fingerprint density at radius 1 is 1.06 bits per heavy atom. The molecule has 1 aromatic heterocycles. The van der Waals surface area contributed by atoms with Crippen LogP contribution in [-0.2, 0) is 14.1 Å². The zero-order chi connectivity index (χ0) is 13.1. The standard InChI is InChI=1S/C14H18N4/c1-11(2)15-16-14-17(3)10-13(18(14)4)12-8-6-5-7-9-12/h5-10H,1-4H3. The molecule has 0 radical (unpaired) electrons. The normalized spacial score (nSPS) is 11.7. The summed E-state index contributed by atoms with van der Waals surface area (Å²) in [5.41, 5.74) is 4.07. The summed E-state index contributed by atoms with van der Waals surface area (Å²) in [4.78, 5) is 0. The average molecular weight is 242 g/mol. The molecule has 0 unspecified atom stereocenters. The molecule has 0 atom stereocenters. The fourth-order valence-electron chi connectivity index (χ4n) is 1.83. The highest BCUT2D eigenvalue weighted by Crippen LogP contribution is 2.16. The number of benzene rings is 1. The molecule has 0 aliphatic carbocycles. The van der Waals surface area contributed by atoms with Gasteiger partial charge in [0, 0.05) is 26.0 Å². The molecule has 0 spiro atoms. The van der Waals surface area contributed by atoms with Crippen molar-refractivity contribution in [1.82, 2.24) is 9.13 Å². The number of aryl methyl sites for hydroxylation is 1. The molecule has 0 aliphatic rings. The maximum Gasteiger partial charge on any atom is 0.229 e. The third-order valence-electron chi connectivity index (χ3n) is 2.70. The van der Waals surface area contributed by atoms with Gasteiger partial charge in [-0.05, 0) is 19.4 Å². The second-order valence-electron chi connectivity index (χ2n) is 4.50. The molecule has 0 fully saturated rings. The van der Waals surface area contributed by atoms with Crippen LogP contribution in [0.1, 0.15) is 13.8 Å². The number of rotatable bonds is 2. The minimum atomic E-state index is 0.829. The van der Waals surface area contributed by atoms with Gasteiger partial charge in [-0.2, -0.15) is 5.10 Å². The Morgan fingerprint density at radius 3 is 2.33 bits per heavy atom. The number of hydrogen-bond donors (Lipinski definition) is 0.